The van der Waals surface area contributed by atoms with Crippen LogP contribution in [0.2, 0.25) is 0 Å². The Balaban J connectivity index is 1.86. The van der Waals surface area contributed by atoms with Gasteiger partial charge in [-0.05, 0) is 18.6 Å². The largest absolute Gasteiger partial charge is 0.387 e. The second-order valence-electron chi connectivity index (χ2n) is 4.85. The first-order valence-electron chi connectivity index (χ1n) is 6.93. The predicted octanol–water partition coefficient (Wildman–Crippen LogP) is 3.73. The van der Waals surface area contributed by atoms with Crippen molar-refractivity contribution in [2.75, 3.05) is 0 Å². The highest BCUT2D eigenvalue weighted by molar-refractivity contribution is 5.39. The van der Waals surface area contributed by atoms with E-state index in [1.54, 1.807) is 0 Å². The highest BCUT2D eigenvalue weighted by atomic mass is 16.3. The highest BCUT2D eigenvalue weighted by Gasteiger charge is 2.11. The molecule has 0 saturated carbocycles. The Hall–Kier alpha value is -1.35. The van der Waals surface area contributed by atoms with E-state index in [1.807, 2.05) is 35.0 Å². The van der Waals surface area contributed by atoms with Crippen molar-refractivity contribution in [2.24, 2.45) is 0 Å². The molecule has 0 bridgehead atoms. The van der Waals surface area contributed by atoms with Crippen LogP contribution in [0.15, 0.2) is 30.6 Å². The number of nitrogens with zero attached hydrogens (tertiary/aromatic N) is 2. The molecule has 0 radical (unpaired) electrons. The minimum absolute atomic E-state index is 0.425. The van der Waals surface area contributed by atoms with Crippen LogP contribution >= 0.6 is 0 Å². The molecule has 0 aliphatic heterocycles. The van der Waals surface area contributed by atoms with Gasteiger partial charge in [-0.25, -0.2) is 4.98 Å². The maximum Gasteiger partial charge on any atom is 0.137 e. The lowest BCUT2D eigenvalue weighted by atomic mass is 10.1. The molecule has 2 rings (SSSR count). The van der Waals surface area contributed by atoms with Gasteiger partial charge >= 0.3 is 0 Å². The van der Waals surface area contributed by atoms with Crippen LogP contribution in [-0.2, 0) is 0 Å². The summed E-state index contributed by atoms with van der Waals surface area (Å²) in [6.45, 7) is 2.21. The third kappa shape index (κ3) is 3.33. The van der Waals surface area contributed by atoms with E-state index in [0.717, 1.165) is 24.2 Å². The number of aliphatic hydroxyl groups excluding tert-OH is 1. The van der Waals surface area contributed by atoms with Gasteiger partial charge < -0.3 is 9.51 Å². The van der Waals surface area contributed by atoms with Crippen LogP contribution in [0.4, 0.5) is 0 Å². The van der Waals surface area contributed by atoms with Gasteiger partial charge in [-0.15, -0.1) is 0 Å². The smallest absolute Gasteiger partial charge is 0.137 e. The summed E-state index contributed by atoms with van der Waals surface area (Å²) in [5.74, 6) is 0. The monoisotopic (exact) mass is 246 g/mol. The Kier molecular flexibility index (Phi) is 4.76. The van der Waals surface area contributed by atoms with Gasteiger partial charge in [0.25, 0.3) is 0 Å². The zero-order valence-corrected chi connectivity index (χ0v) is 11.0. The van der Waals surface area contributed by atoms with Gasteiger partial charge in [0.15, 0.2) is 0 Å². The van der Waals surface area contributed by atoms with Gasteiger partial charge in [-0.2, -0.15) is 0 Å². The lowest BCUT2D eigenvalue weighted by Gasteiger charge is -2.06. The van der Waals surface area contributed by atoms with E-state index in [0.29, 0.717) is 0 Å². The molecule has 2 heterocycles. The Morgan fingerprint density at radius 3 is 2.83 bits per heavy atom. The molecular weight excluding hydrogens is 224 g/mol. The summed E-state index contributed by atoms with van der Waals surface area (Å²) in [5.41, 5.74) is 1.69. The van der Waals surface area contributed by atoms with Crippen LogP contribution < -0.4 is 0 Å². The molecule has 0 saturated heterocycles. The molecule has 3 heteroatoms. The Morgan fingerprint density at radius 2 is 2.06 bits per heavy atom. The fourth-order valence-corrected chi connectivity index (χ4v) is 2.20. The third-order valence-electron chi connectivity index (χ3n) is 3.31. The molecular formula is C15H22N2O. The lowest BCUT2D eigenvalue weighted by Crippen LogP contribution is -1.97. The van der Waals surface area contributed by atoms with Crippen LogP contribution in [0.5, 0.6) is 0 Å². The summed E-state index contributed by atoms with van der Waals surface area (Å²) < 4.78 is 1.95. The van der Waals surface area contributed by atoms with Gasteiger partial charge in [-0.1, -0.05) is 45.1 Å². The number of hydrogen-bond acceptors (Lipinski definition) is 2. The molecule has 1 N–H and O–H groups in total. The minimum atomic E-state index is -0.425. The molecule has 0 fully saturated rings. The second kappa shape index (κ2) is 6.55. The summed E-state index contributed by atoms with van der Waals surface area (Å²) in [4.78, 5) is 4.44. The van der Waals surface area contributed by atoms with Crippen LogP contribution in [0.25, 0.3) is 5.65 Å². The van der Waals surface area contributed by atoms with Gasteiger partial charge in [0, 0.05) is 12.4 Å². The van der Waals surface area contributed by atoms with Crippen molar-refractivity contribution in [1.82, 2.24) is 9.38 Å². The number of hydrogen-bond donors (Lipinski definition) is 1. The first kappa shape index (κ1) is 13.1. The Morgan fingerprint density at radius 1 is 1.22 bits per heavy atom. The van der Waals surface area contributed by atoms with Gasteiger partial charge in [0.1, 0.15) is 5.65 Å². The molecule has 0 aliphatic carbocycles. The third-order valence-corrected chi connectivity index (χ3v) is 3.31. The van der Waals surface area contributed by atoms with Gasteiger partial charge in [-0.3, -0.25) is 0 Å². The topological polar surface area (TPSA) is 37.5 Å². The summed E-state index contributed by atoms with van der Waals surface area (Å²) in [6.07, 6.45) is 10.4. The summed E-state index contributed by atoms with van der Waals surface area (Å²) in [5, 5.41) is 10.1. The molecule has 98 valence electrons. The molecule has 0 aromatic carbocycles. The van der Waals surface area contributed by atoms with E-state index in [2.05, 4.69) is 11.9 Å². The van der Waals surface area contributed by atoms with Crippen molar-refractivity contribution in [3.63, 3.8) is 0 Å². The van der Waals surface area contributed by atoms with Gasteiger partial charge in [0.2, 0.25) is 0 Å². The molecule has 1 unspecified atom stereocenters. The van der Waals surface area contributed by atoms with E-state index >= 15 is 0 Å². The van der Waals surface area contributed by atoms with Crippen molar-refractivity contribution in [1.29, 1.82) is 0 Å². The molecule has 0 spiro atoms. The molecule has 2 aromatic heterocycles. The average Bonchev–Trinajstić information content (AvgIpc) is 2.82. The van der Waals surface area contributed by atoms with Crippen LogP contribution in [-0.4, -0.2) is 14.5 Å². The fraction of sp³-hybridized carbons (Fsp3) is 0.533. The quantitative estimate of drug-likeness (QED) is 0.756. The zero-order chi connectivity index (χ0) is 12.8. The molecule has 1 atom stereocenters. The highest BCUT2D eigenvalue weighted by Crippen LogP contribution is 2.19. The van der Waals surface area contributed by atoms with Crippen molar-refractivity contribution < 1.29 is 5.11 Å². The summed E-state index contributed by atoms with van der Waals surface area (Å²) in [6, 6.07) is 5.89. The van der Waals surface area contributed by atoms with Crippen LogP contribution in [0.3, 0.4) is 0 Å². The number of unbranched alkanes of at least 4 members (excludes halogenated alkanes) is 4. The van der Waals surface area contributed by atoms with Gasteiger partial charge in [0.05, 0.1) is 11.8 Å². The number of aromatic nitrogens is 2. The minimum Gasteiger partial charge on any atom is -0.387 e. The SMILES string of the molecule is CCCCCCCC(O)c1cn2ccccc2n1. The number of rotatable bonds is 7. The molecule has 18 heavy (non-hydrogen) atoms. The molecule has 0 amide bonds. The summed E-state index contributed by atoms with van der Waals surface area (Å²) >= 11 is 0. The van der Waals surface area contributed by atoms with Crippen LogP contribution in [0.1, 0.15) is 57.2 Å². The number of pyridine rings is 1. The van der Waals surface area contributed by atoms with Crippen molar-refractivity contribution in [3.05, 3.63) is 36.3 Å². The Labute approximate surface area is 108 Å². The average molecular weight is 246 g/mol. The molecule has 0 aliphatic rings. The summed E-state index contributed by atoms with van der Waals surface area (Å²) in [7, 11) is 0. The number of imidazole rings is 1. The fourth-order valence-electron chi connectivity index (χ4n) is 2.20. The predicted molar refractivity (Wildman–Crippen MR) is 73.5 cm³/mol. The van der Waals surface area contributed by atoms with E-state index in [4.69, 9.17) is 0 Å². The number of fused-ring (bicyclic) bond motifs is 1. The number of aliphatic hydroxyl groups is 1. The zero-order valence-electron chi connectivity index (χ0n) is 11.0. The second-order valence-corrected chi connectivity index (χ2v) is 4.85. The first-order chi connectivity index (χ1) is 8.81. The van der Waals surface area contributed by atoms with E-state index < -0.39 is 6.10 Å². The lowest BCUT2D eigenvalue weighted by molar-refractivity contribution is 0.159. The van der Waals surface area contributed by atoms with Crippen molar-refractivity contribution in [3.8, 4) is 0 Å². The standard InChI is InChI=1S/C15H22N2O/c1-2-3-4-5-6-9-14(18)13-12-17-11-8-7-10-15(17)16-13/h7-8,10-12,14,18H,2-6,9H2,1H3. The van der Waals surface area contributed by atoms with Crippen molar-refractivity contribution in [2.45, 2.75) is 51.6 Å². The maximum atomic E-state index is 10.1. The van der Waals surface area contributed by atoms with E-state index in [-0.39, 0.29) is 0 Å². The molecule has 2 aromatic rings. The maximum absolute atomic E-state index is 10.1. The normalized spacial score (nSPS) is 13.0. The van der Waals surface area contributed by atoms with E-state index in [9.17, 15) is 5.11 Å². The Bertz CT molecular complexity index is 445. The van der Waals surface area contributed by atoms with Crippen LogP contribution in [0, 0.1) is 0 Å². The van der Waals surface area contributed by atoms with Crippen molar-refractivity contribution >= 4 is 5.65 Å². The molecule has 3 nitrogen and oxygen atoms in total. The van der Waals surface area contributed by atoms with E-state index in [1.165, 1.54) is 25.7 Å². The first-order valence-corrected chi connectivity index (χ1v) is 6.93.